The SMILES string of the molecule is Cc1cc2c(N)nccc2c(C)c1CNC(=O)c1cnn(Cc2nc3ccc(C4CC4)cn3n2)c1. The van der Waals surface area contributed by atoms with Crippen LogP contribution < -0.4 is 11.1 Å². The molecule has 35 heavy (non-hydrogen) atoms. The summed E-state index contributed by atoms with van der Waals surface area (Å²) in [6, 6.07) is 8.12. The molecule has 0 unspecified atom stereocenters. The number of nitrogens with zero attached hydrogens (tertiary/aromatic N) is 6. The van der Waals surface area contributed by atoms with Gasteiger partial charge in [-0.1, -0.05) is 6.07 Å². The Kier molecular flexibility index (Phi) is 4.98. The third-order valence-electron chi connectivity index (χ3n) is 6.79. The van der Waals surface area contributed by atoms with Crippen molar-refractivity contribution in [1.29, 1.82) is 0 Å². The van der Waals surface area contributed by atoms with Gasteiger partial charge in [0, 0.05) is 30.5 Å². The highest BCUT2D eigenvalue weighted by molar-refractivity contribution is 5.95. The lowest BCUT2D eigenvalue weighted by Crippen LogP contribution is -2.23. The lowest BCUT2D eigenvalue weighted by Gasteiger charge is -2.14. The number of amides is 1. The molecule has 1 aliphatic rings. The van der Waals surface area contributed by atoms with Crippen LogP contribution in [0.3, 0.4) is 0 Å². The zero-order valence-corrected chi connectivity index (χ0v) is 19.7. The quantitative estimate of drug-likeness (QED) is 0.395. The number of hydrogen-bond donors (Lipinski definition) is 2. The van der Waals surface area contributed by atoms with Crippen molar-refractivity contribution < 1.29 is 4.79 Å². The van der Waals surface area contributed by atoms with Crippen LogP contribution in [0.5, 0.6) is 0 Å². The van der Waals surface area contributed by atoms with Gasteiger partial charge in [-0.2, -0.15) is 5.10 Å². The first-order valence-corrected chi connectivity index (χ1v) is 11.8. The van der Waals surface area contributed by atoms with E-state index in [4.69, 9.17) is 5.73 Å². The maximum Gasteiger partial charge on any atom is 0.254 e. The number of benzene rings is 1. The van der Waals surface area contributed by atoms with Crippen molar-refractivity contribution in [2.75, 3.05) is 5.73 Å². The van der Waals surface area contributed by atoms with Crippen LogP contribution in [0.4, 0.5) is 5.82 Å². The second kappa shape index (κ2) is 8.19. The molecule has 4 aromatic heterocycles. The van der Waals surface area contributed by atoms with Crippen molar-refractivity contribution in [2.24, 2.45) is 0 Å². The number of pyridine rings is 2. The van der Waals surface area contributed by atoms with Crippen molar-refractivity contribution in [2.45, 2.75) is 45.7 Å². The molecule has 0 spiro atoms. The summed E-state index contributed by atoms with van der Waals surface area (Å²) < 4.78 is 3.52. The first-order valence-electron chi connectivity index (χ1n) is 11.8. The normalized spacial score (nSPS) is 13.5. The Balaban J connectivity index is 1.15. The number of hydrogen-bond acceptors (Lipinski definition) is 6. The first-order chi connectivity index (χ1) is 17.0. The smallest absolute Gasteiger partial charge is 0.254 e. The third kappa shape index (κ3) is 3.99. The highest BCUT2D eigenvalue weighted by Gasteiger charge is 2.24. The fourth-order valence-electron chi connectivity index (χ4n) is 4.66. The molecule has 1 fully saturated rings. The molecule has 4 heterocycles. The van der Waals surface area contributed by atoms with Crippen LogP contribution >= 0.6 is 0 Å². The van der Waals surface area contributed by atoms with Gasteiger partial charge in [0.25, 0.3) is 5.91 Å². The molecule has 1 amide bonds. The van der Waals surface area contributed by atoms with Crippen LogP contribution in [-0.2, 0) is 13.1 Å². The lowest BCUT2D eigenvalue weighted by molar-refractivity contribution is 0.0950. The largest absolute Gasteiger partial charge is 0.383 e. The minimum atomic E-state index is -0.179. The second-order valence-electron chi connectivity index (χ2n) is 9.27. The predicted molar refractivity (Wildman–Crippen MR) is 133 cm³/mol. The highest BCUT2D eigenvalue weighted by Crippen LogP contribution is 2.39. The van der Waals surface area contributed by atoms with Crippen molar-refractivity contribution in [3.05, 3.63) is 82.7 Å². The standard InChI is InChI=1S/C26H26N8O/c1-15-9-21-20(7-8-28-25(21)27)16(2)22(15)11-29-26(35)19-10-30-33(12-19)14-23-31-24-6-5-18(17-3-4-17)13-34(24)32-23/h5-10,12-13,17H,3-4,11,14H2,1-2H3,(H2,27,28)(H,29,35). The molecule has 0 atom stereocenters. The number of nitrogen functional groups attached to an aromatic ring is 1. The van der Waals surface area contributed by atoms with Crippen LogP contribution in [-0.4, -0.2) is 35.3 Å². The summed E-state index contributed by atoms with van der Waals surface area (Å²) in [5.41, 5.74) is 11.9. The third-order valence-corrected chi connectivity index (χ3v) is 6.79. The summed E-state index contributed by atoms with van der Waals surface area (Å²) in [7, 11) is 0. The lowest BCUT2D eigenvalue weighted by atomic mass is 9.96. The van der Waals surface area contributed by atoms with E-state index in [-0.39, 0.29) is 5.91 Å². The summed E-state index contributed by atoms with van der Waals surface area (Å²) in [5, 5.41) is 13.9. The molecule has 3 N–H and O–H groups in total. The summed E-state index contributed by atoms with van der Waals surface area (Å²) in [5.74, 6) is 1.65. The average molecular weight is 467 g/mol. The van der Waals surface area contributed by atoms with Crippen molar-refractivity contribution in [3.8, 4) is 0 Å². The highest BCUT2D eigenvalue weighted by atomic mass is 16.1. The number of fused-ring (bicyclic) bond motifs is 2. The Labute approximate surface area is 202 Å². The van der Waals surface area contributed by atoms with Gasteiger partial charge in [0.05, 0.1) is 11.8 Å². The number of rotatable bonds is 6. The van der Waals surface area contributed by atoms with Crippen LogP contribution in [0.25, 0.3) is 16.4 Å². The van der Waals surface area contributed by atoms with E-state index in [1.807, 2.05) is 36.6 Å². The molecular weight excluding hydrogens is 440 g/mol. The summed E-state index contributed by atoms with van der Waals surface area (Å²) in [6.07, 6.45) is 9.56. The van der Waals surface area contributed by atoms with Crippen molar-refractivity contribution in [1.82, 2.24) is 34.7 Å². The van der Waals surface area contributed by atoms with E-state index in [0.717, 1.165) is 33.1 Å². The van der Waals surface area contributed by atoms with E-state index in [9.17, 15) is 4.79 Å². The van der Waals surface area contributed by atoms with E-state index < -0.39 is 0 Å². The van der Waals surface area contributed by atoms with Crippen LogP contribution in [0, 0.1) is 13.8 Å². The summed E-state index contributed by atoms with van der Waals surface area (Å²) >= 11 is 0. The van der Waals surface area contributed by atoms with Crippen LogP contribution in [0.1, 0.15) is 57.2 Å². The Morgan fingerprint density at radius 3 is 2.86 bits per heavy atom. The number of anilines is 1. The molecule has 1 aromatic carbocycles. The van der Waals surface area contributed by atoms with E-state index >= 15 is 0 Å². The molecule has 0 aliphatic heterocycles. The zero-order valence-electron chi connectivity index (χ0n) is 19.7. The monoisotopic (exact) mass is 466 g/mol. The topological polar surface area (TPSA) is 116 Å². The Bertz CT molecular complexity index is 1590. The molecule has 1 saturated carbocycles. The zero-order chi connectivity index (χ0) is 24.1. The van der Waals surface area contributed by atoms with Gasteiger partial charge in [-0.15, -0.1) is 5.10 Å². The summed E-state index contributed by atoms with van der Waals surface area (Å²) in [6.45, 7) is 4.88. The molecule has 9 heteroatoms. The first kappa shape index (κ1) is 21.3. The second-order valence-corrected chi connectivity index (χ2v) is 9.27. The maximum atomic E-state index is 12.8. The maximum absolute atomic E-state index is 12.8. The van der Waals surface area contributed by atoms with E-state index in [2.05, 4.69) is 37.7 Å². The number of nitrogens with two attached hydrogens (primary N) is 1. The molecule has 0 radical (unpaired) electrons. The molecule has 6 rings (SSSR count). The van der Waals surface area contributed by atoms with Gasteiger partial charge in [0.1, 0.15) is 12.4 Å². The molecule has 1 aliphatic carbocycles. The van der Waals surface area contributed by atoms with E-state index in [1.165, 1.54) is 18.4 Å². The fourth-order valence-corrected chi connectivity index (χ4v) is 4.66. The molecule has 176 valence electrons. The molecule has 9 nitrogen and oxygen atoms in total. The Hall–Kier alpha value is -4.27. The van der Waals surface area contributed by atoms with Crippen molar-refractivity contribution in [3.63, 3.8) is 0 Å². The minimum Gasteiger partial charge on any atom is -0.383 e. The predicted octanol–water partition coefficient (Wildman–Crippen LogP) is 3.53. The summed E-state index contributed by atoms with van der Waals surface area (Å²) in [4.78, 5) is 21.6. The molecule has 5 aromatic rings. The van der Waals surface area contributed by atoms with E-state index in [0.29, 0.717) is 36.2 Å². The minimum absolute atomic E-state index is 0.179. The Morgan fingerprint density at radius 1 is 1.17 bits per heavy atom. The number of aryl methyl sites for hydroxylation is 2. The molecule has 0 saturated heterocycles. The number of nitrogens with one attached hydrogen (secondary N) is 1. The van der Waals surface area contributed by atoms with Gasteiger partial charge in [-0.05, 0) is 78.4 Å². The van der Waals surface area contributed by atoms with Crippen LogP contribution in [0.15, 0.2) is 49.1 Å². The van der Waals surface area contributed by atoms with E-state index in [1.54, 1.807) is 23.3 Å². The van der Waals surface area contributed by atoms with Gasteiger partial charge < -0.3 is 11.1 Å². The van der Waals surface area contributed by atoms with Gasteiger partial charge in [-0.25, -0.2) is 14.5 Å². The fraction of sp³-hybridized carbons (Fsp3) is 0.269. The number of carbonyl (C=O) groups is 1. The van der Waals surface area contributed by atoms with Gasteiger partial charge >= 0.3 is 0 Å². The number of carbonyl (C=O) groups excluding carboxylic acids is 1. The van der Waals surface area contributed by atoms with Gasteiger partial charge in [0.2, 0.25) is 0 Å². The van der Waals surface area contributed by atoms with Crippen LogP contribution in [0.2, 0.25) is 0 Å². The van der Waals surface area contributed by atoms with Gasteiger partial charge in [-0.3, -0.25) is 9.48 Å². The number of aromatic nitrogens is 6. The van der Waals surface area contributed by atoms with Gasteiger partial charge in [0.15, 0.2) is 11.5 Å². The molecular formula is C26H26N8O. The molecule has 0 bridgehead atoms. The van der Waals surface area contributed by atoms with Crippen molar-refractivity contribution >= 4 is 28.1 Å². The Morgan fingerprint density at radius 2 is 2.03 bits per heavy atom. The average Bonchev–Trinajstić information content (AvgIpc) is 3.46.